The molecule has 0 spiro atoms. The van der Waals surface area contributed by atoms with Crippen molar-refractivity contribution in [3.8, 4) is 10.6 Å². The van der Waals surface area contributed by atoms with Crippen LogP contribution >= 0.6 is 22.7 Å². The Balaban J connectivity index is 2.18. The van der Waals surface area contributed by atoms with Crippen molar-refractivity contribution in [2.24, 2.45) is 0 Å². The Bertz CT molecular complexity index is 543. The highest BCUT2D eigenvalue weighted by Gasteiger charge is 2.14. The van der Waals surface area contributed by atoms with Crippen molar-refractivity contribution < 1.29 is 4.79 Å². The summed E-state index contributed by atoms with van der Waals surface area (Å²) in [6.07, 6.45) is 2.06. The second-order valence-corrected chi connectivity index (χ2v) is 5.99. The van der Waals surface area contributed by atoms with E-state index in [0.717, 1.165) is 20.5 Å². The second kappa shape index (κ2) is 5.93. The number of carbonyl (C=O) groups is 1. The first-order chi connectivity index (χ1) is 8.70. The number of amides is 1. The number of nitrogens with one attached hydrogen (secondary N) is 1. The van der Waals surface area contributed by atoms with Crippen LogP contribution in [0.25, 0.3) is 10.6 Å². The molecular weight excluding hydrogens is 264 g/mol. The Kier molecular flexibility index (Phi) is 4.28. The lowest BCUT2D eigenvalue weighted by atomic mass is 10.2. The van der Waals surface area contributed by atoms with E-state index in [1.54, 1.807) is 28.7 Å². The molecule has 0 saturated carbocycles. The van der Waals surface area contributed by atoms with Crippen molar-refractivity contribution in [2.75, 3.05) is 6.54 Å². The molecule has 2 rings (SSSR count). The van der Waals surface area contributed by atoms with Crippen molar-refractivity contribution in [2.45, 2.75) is 13.3 Å². The second-order valence-electron chi connectivity index (χ2n) is 3.75. The van der Waals surface area contributed by atoms with E-state index in [4.69, 9.17) is 0 Å². The first-order valence-electron chi connectivity index (χ1n) is 5.58. The molecule has 0 aliphatic carbocycles. The molecule has 1 N–H and O–H groups in total. The third-order valence-electron chi connectivity index (χ3n) is 2.32. The minimum atomic E-state index is 0.0105. The van der Waals surface area contributed by atoms with E-state index < -0.39 is 0 Å². The highest BCUT2D eigenvalue weighted by Crippen LogP contribution is 2.31. The van der Waals surface area contributed by atoms with Gasteiger partial charge in [-0.15, -0.1) is 29.3 Å². The summed E-state index contributed by atoms with van der Waals surface area (Å²) in [6.45, 7) is 6.05. The average Bonchev–Trinajstić information content (AvgIpc) is 2.95. The van der Waals surface area contributed by atoms with Crippen molar-refractivity contribution >= 4 is 28.6 Å². The number of rotatable bonds is 5. The lowest BCUT2D eigenvalue weighted by Gasteiger charge is -2.01. The number of thiazole rings is 1. The molecular formula is C13H14N2OS2. The van der Waals surface area contributed by atoms with E-state index in [1.165, 1.54) is 0 Å². The summed E-state index contributed by atoms with van der Waals surface area (Å²) < 4.78 is 0. The molecule has 2 aromatic heterocycles. The standard InChI is InChI=1S/C13H14N2OS2/c1-3-6-14-12(16)8-11-13(15-9(2)18-11)10-5-4-7-17-10/h3-5,7H,1,6,8H2,2H3,(H,14,16). The Hall–Kier alpha value is -1.46. The maximum Gasteiger partial charge on any atom is 0.225 e. The van der Waals surface area contributed by atoms with E-state index in [0.29, 0.717) is 13.0 Å². The molecule has 2 heterocycles. The fourth-order valence-corrected chi connectivity index (χ4v) is 3.34. The molecule has 0 bridgehead atoms. The third-order valence-corrected chi connectivity index (χ3v) is 4.17. The van der Waals surface area contributed by atoms with Crippen molar-refractivity contribution in [3.63, 3.8) is 0 Å². The quantitative estimate of drug-likeness (QED) is 0.854. The minimum Gasteiger partial charge on any atom is -0.352 e. The van der Waals surface area contributed by atoms with Gasteiger partial charge < -0.3 is 5.32 Å². The van der Waals surface area contributed by atoms with E-state index in [-0.39, 0.29) is 5.91 Å². The van der Waals surface area contributed by atoms with Crippen LogP contribution < -0.4 is 5.32 Å². The summed E-state index contributed by atoms with van der Waals surface area (Å²) in [4.78, 5) is 18.4. The van der Waals surface area contributed by atoms with Crippen LogP contribution in [-0.2, 0) is 11.2 Å². The van der Waals surface area contributed by atoms with Gasteiger partial charge >= 0.3 is 0 Å². The maximum absolute atomic E-state index is 11.7. The molecule has 94 valence electrons. The van der Waals surface area contributed by atoms with E-state index >= 15 is 0 Å². The van der Waals surface area contributed by atoms with Crippen LogP contribution in [0.1, 0.15) is 9.88 Å². The van der Waals surface area contributed by atoms with Gasteiger partial charge in [0.15, 0.2) is 0 Å². The molecule has 0 unspecified atom stereocenters. The predicted molar refractivity (Wildman–Crippen MR) is 77.1 cm³/mol. The van der Waals surface area contributed by atoms with Gasteiger partial charge in [0.2, 0.25) is 5.91 Å². The Morgan fingerprint density at radius 3 is 3.11 bits per heavy atom. The highest BCUT2D eigenvalue weighted by atomic mass is 32.1. The van der Waals surface area contributed by atoms with Gasteiger partial charge in [0, 0.05) is 11.4 Å². The first kappa shape index (κ1) is 13.0. The number of hydrogen-bond donors (Lipinski definition) is 1. The molecule has 0 aliphatic heterocycles. The fraction of sp³-hybridized carbons (Fsp3) is 0.231. The van der Waals surface area contributed by atoms with E-state index in [1.807, 2.05) is 24.4 Å². The summed E-state index contributed by atoms with van der Waals surface area (Å²) in [7, 11) is 0. The molecule has 5 heteroatoms. The monoisotopic (exact) mass is 278 g/mol. The summed E-state index contributed by atoms with van der Waals surface area (Å²) in [5.74, 6) is 0.0105. The van der Waals surface area contributed by atoms with Gasteiger partial charge in [0.1, 0.15) is 0 Å². The summed E-state index contributed by atoms with van der Waals surface area (Å²) in [5.41, 5.74) is 0.946. The van der Waals surface area contributed by atoms with Gasteiger partial charge in [-0.1, -0.05) is 12.1 Å². The van der Waals surface area contributed by atoms with Gasteiger partial charge in [-0.2, -0.15) is 0 Å². The Morgan fingerprint density at radius 2 is 2.44 bits per heavy atom. The number of thiophene rings is 1. The number of carbonyl (C=O) groups excluding carboxylic acids is 1. The van der Waals surface area contributed by atoms with Gasteiger partial charge in [-0.25, -0.2) is 4.98 Å². The fourth-order valence-electron chi connectivity index (χ4n) is 1.59. The minimum absolute atomic E-state index is 0.0105. The van der Waals surface area contributed by atoms with Crippen LogP contribution in [0.2, 0.25) is 0 Å². The molecule has 18 heavy (non-hydrogen) atoms. The van der Waals surface area contributed by atoms with Crippen molar-refractivity contribution in [1.29, 1.82) is 0 Å². The lowest BCUT2D eigenvalue weighted by molar-refractivity contribution is -0.120. The van der Waals surface area contributed by atoms with Crippen LogP contribution in [0.5, 0.6) is 0 Å². The molecule has 0 aliphatic rings. The summed E-state index contributed by atoms with van der Waals surface area (Å²) in [5, 5.41) is 5.80. The number of aryl methyl sites for hydroxylation is 1. The zero-order valence-electron chi connectivity index (χ0n) is 10.1. The molecule has 0 saturated heterocycles. The normalized spacial score (nSPS) is 10.3. The van der Waals surface area contributed by atoms with Crippen molar-refractivity contribution in [1.82, 2.24) is 10.3 Å². The number of nitrogens with zero attached hydrogens (tertiary/aromatic N) is 1. The zero-order chi connectivity index (χ0) is 13.0. The van der Waals surface area contributed by atoms with Crippen LogP contribution in [0.3, 0.4) is 0 Å². The predicted octanol–water partition coefficient (Wildman–Crippen LogP) is 3.02. The summed E-state index contributed by atoms with van der Waals surface area (Å²) in [6, 6.07) is 4.03. The van der Waals surface area contributed by atoms with Crippen LogP contribution in [0.15, 0.2) is 30.2 Å². The highest BCUT2D eigenvalue weighted by molar-refractivity contribution is 7.15. The molecule has 0 atom stereocenters. The van der Waals surface area contributed by atoms with Crippen LogP contribution in [0.4, 0.5) is 0 Å². The molecule has 0 fully saturated rings. The molecule has 3 nitrogen and oxygen atoms in total. The zero-order valence-corrected chi connectivity index (χ0v) is 11.7. The largest absolute Gasteiger partial charge is 0.352 e. The molecule has 0 radical (unpaired) electrons. The van der Waals surface area contributed by atoms with Gasteiger partial charge in [0.25, 0.3) is 0 Å². The lowest BCUT2D eigenvalue weighted by Crippen LogP contribution is -2.24. The van der Waals surface area contributed by atoms with Gasteiger partial charge in [-0.05, 0) is 18.4 Å². The molecule has 2 aromatic rings. The van der Waals surface area contributed by atoms with Gasteiger partial charge in [0.05, 0.1) is 22.0 Å². The first-order valence-corrected chi connectivity index (χ1v) is 7.28. The Labute approximate surface area is 114 Å². The van der Waals surface area contributed by atoms with Crippen LogP contribution in [0, 0.1) is 6.92 Å². The average molecular weight is 278 g/mol. The SMILES string of the molecule is C=CCNC(=O)Cc1sc(C)nc1-c1cccs1. The number of aromatic nitrogens is 1. The maximum atomic E-state index is 11.7. The third kappa shape index (κ3) is 3.05. The smallest absolute Gasteiger partial charge is 0.225 e. The summed E-state index contributed by atoms with van der Waals surface area (Å²) >= 11 is 3.23. The van der Waals surface area contributed by atoms with Crippen LogP contribution in [-0.4, -0.2) is 17.4 Å². The molecule has 0 aromatic carbocycles. The van der Waals surface area contributed by atoms with E-state index in [2.05, 4.69) is 16.9 Å². The van der Waals surface area contributed by atoms with Crippen molar-refractivity contribution in [3.05, 3.63) is 40.1 Å². The molecule has 1 amide bonds. The van der Waals surface area contributed by atoms with Gasteiger partial charge in [-0.3, -0.25) is 4.79 Å². The Morgan fingerprint density at radius 1 is 1.61 bits per heavy atom. The number of hydrogen-bond acceptors (Lipinski definition) is 4. The van der Waals surface area contributed by atoms with E-state index in [9.17, 15) is 4.79 Å². The topological polar surface area (TPSA) is 42.0 Å².